The SMILES string of the molecule is COC(=O)C(Br)COc1ccccc1C(F)(F)F. The largest absolute Gasteiger partial charge is 0.491 e. The summed E-state index contributed by atoms with van der Waals surface area (Å²) in [6.45, 7) is -0.250. The maximum Gasteiger partial charge on any atom is 0.419 e. The van der Waals surface area contributed by atoms with Gasteiger partial charge in [-0.15, -0.1) is 0 Å². The molecule has 0 heterocycles. The van der Waals surface area contributed by atoms with E-state index in [0.717, 1.165) is 6.07 Å². The highest BCUT2D eigenvalue weighted by molar-refractivity contribution is 9.10. The van der Waals surface area contributed by atoms with Gasteiger partial charge in [0, 0.05) is 0 Å². The Balaban J connectivity index is 2.77. The van der Waals surface area contributed by atoms with E-state index >= 15 is 0 Å². The van der Waals surface area contributed by atoms with Crippen LogP contribution in [0.25, 0.3) is 0 Å². The molecule has 1 aromatic carbocycles. The molecule has 1 atom stereocenters. The average Bonchev–Trinajstić information content (AvgIpc) is 2.34. The second-order valence-corrected chi connectivity index (χ2v) is 4.40. The van der Waals surface area contributed by atoms with Gasteiger partial charge in [0.1, 0.15) is 17.2 Å². The van der Waals surface area contributed by atoms with Crippen molar-refractivity contribution in [3.05, 3.63) is 29.8 Å². The maximum atomic E-state index is 12.6. The summed E-state index contributed by atoms with van der Waals surface area (Å²) in [5.74, 6) is -0.933. The molecule has 7 heteroatoms. The minimum absolute atomic E-state index is 0.250. The van der Waals surface area contributed by atoms with E-state index < -0.39 is 22.5 Å². The predicted octanol–water partition coefficient (Wildman–Crippen LogP) is 3.02. The number of para-hydroxylation sites is 1. The molecule has 1 rings (SSSR count). The number of hydrogen-bond acceptors (Lipinski definition) is 3. The van der Waals surface area contributed by atoms with E-state index in [0.29, 0.717) is 0 Å². The Morgan fingerprint density at radius 1 is 1.39 bits per heavy atom. The third-order valence-corrected chi connectivity index (χ3v) is 2.67. The Labute approximate surface area is 110 Å². The van der Waals surface area contributed by atoms with Gasteiger partial charge in [-0.05, 0) is 12.1 Å². The van der Waals surface area contributed by atoms with Gasteiger partial charge in [-0.3, -0.25) is 4.79 Å². The number of benzene rings is 1. The fourth-order valence-electron chi connectivity index (χ4n) is 1.19. The van der Waals surface area contributed by atoms with Gasteiger partial charge >= 0.3 is 12.1 Å². The standard InChI is InChI=1S/C11H10BrF3O3/c1-17-10(16)8(12)6-18-9-5-3-2-4-7(9)11(13,14)15/h2-5,8H,6H2,1H3. The fourth-order valence-corrected chi connectivity index (χ4v) is 1.50. The van der Waals surface area contributed by atoms with Crippen LogP contribution in [0.2, 0.25) is 0 Å². The van der Waals surface area contributed by atoms with Crippen LogP contribution in [0.5, 0.6) is 5.75 Å². The smallest absolute Gasteiger partial charge is 0.419 e. The quantitative estimate of drug-likeness (QED) is 0.630. The number of rotatable bonds is 4. The highest BCUT2D eigenvalue weighted by Crippen LogP contribution is 2.35. The molecule has 0 amide bonds. The average molecular weight is 327 g/mol. The zero-order chi connectivity index (χ0) is 13.8. The molecule has 0 aliphatic carbocycles. The number of carbonyl (C=O) groups excluding carboxylic acids is 1. The number of carbonyl (C=O) groups is 1. The molecule has 0 saturated heterocycles. The van der Waals surface area contributed by atoms with E-state index in [1.54, 1.807) is 0 Å². The van der Waals surface area contributed by atoms with Crippen LogP contribution in [0.4, 0.5) is 13.2 Å². The zero-order valence-electron chi connectivity index (χ0n) is 9.33. The van der Waals surface area contributed by atoms with Gasteiger partial charge in [-0.1, -0.05) is 28.1 Å². The molecular weight excluding hydrogens is 317 g/mol. The fraction of sp³-hybridized carbons (Fsp3) is 0.364. The second-order valence-electron chi connectivity index (χ2n) is 3.30. The predicted molar refractivity (Wildman–Crippen MR) is 61.7 cm³/mol. The molecule has 0 radical (unpaired) electrons. The first-order valence-corrected chi connectivity index (χ1v) is 5.78. The minimum Gasteiger partial charge on any atom is -0.491 e. The lowest BCUT2D eigenvalue weighted by Crippen LogP contribution is -2.23. The van der Waals surface area contributed by atoms with Gasteiger partial charge in [0.25, 0.3) is 0 Å². The summed E-state index contributed by atoms with van der Waals surface area (Å²) in [7, 11) is 1.18. The van der Waals surface area contributed by atoms with Gasteiger partial charge in [0.2, 0.25) is 0 Å². The number of halogens is 4. The van der Waals surface area contributed by atoms with Crippen molar-refractivity contribution in [3.8, 4) is 5.75 Å². The van der Waals surface area contributed by atoms with Crippen LogP contribution < -0.4 is 4.74 Å². The van der Waals surface area contributed by atoms with Gasteiger partial charge in [0.05, 0.1) is 12.7 Å². The van der Waals surface area contributed by atoms with Crippen molar-refractivity contribution in [1.82, 2.24) is 0 Å². The van der Waals surface area contributed by atoms with Gasteiger partial charge in [0.15, 0.2) is 0 Å². The van der Waals surface area contributed by atoms with Crippen LogP contribution >= 0.6 is 15.9 Å². The lowest BCUT2D eigenvalue weighted by Gasteiger charge is -2.15. The first-order chi connectivity index (χ1) is 8.36. The Bertz CT molecular complexity index is 420. The number of ether oxygens (including phenoxy) is 2. The maximum absolute atomic E-state index is 12.6. The van der Waals surface area contributed by atoms with E-state index in [-0.39, 0.29) is 12.4 Å². The van der Waals surface area contributed by atoms with E-state index in [4.69, 9.17) is 4.74 Å². The summed E-state index contributed by atoms with van der Waals surface area (Å²) in [6.07, 6.45) is -4.50. The molecule has 0 aromatic heterocycles. The minimum atomic E-state index is -4.50. The number of methoxy groups -OCH3 is 1. The van der Waals surface area contributed by atoms with Gasteiger partial charge < -0.3 is 9.47 Å². The van der Waals surface area contributed by atoms with Crippen molar-refractivity contribution >= 4 is 21.9 Å². The summed E-state index contributed by atoms with van der Waals surface area (Å²) >= 11 is 2.96. The molecule has 1 unspecified atom stereocenters. The number of alkyl halides is 4. The number of esters is 1. The van der Waals surface area contributed by atoms with Crippen LogP contribution in [-0.2, 0) is 15.7 Å². The van der Waals surface area contributed by atoms with Crippen molar-refractivity contribution in [2.24, 2.45) is 0 Å². The summed E-state index contributed by atoms with van der Waals surface area (Å²) in [6, 6.07) is 4.80. The van der Waals surface area contributed by atoms with E-state index in [9.17, 15) is 18.0 Å². The molecular formula is C11H10BrF3O3. The third-order valence-electron chi connectivity index (χ3n) is 2.03. The normalized spacial score (nSPS) is 12.9. The lowest BCUT2D eigenvalue weighted by molar-refractivity contribution is -0.140. The van der Waals surface area contributed by atoms with E-state index in [1.165, 1.54) is 25.3 Å². The van der Waals surface area contributed by atoms with Crippen molar-refractivity contribution < 1.29 is 27.4 Å². The van der Waals surface area contributed by atoms with Crippen LogP contribution in [0.15, 0.2) is 24.3 Å². The molecule has 0 saturated carbocycles. The first-order valence-electron chi connectivity index (χ1n) is 4.87. The summed E-state index contributed by atoms with van der Waals surface area (Å²) in [5, 5.41) is 0. The summed E-state index contributed by atoms with van der Waals surface area (Å²) < 4.78 is 47.2. The monoisotopic (exact) mass is 326 g/mol. The Kier molecular flexibility index (Phi) is 5.01. The van der Waals surface area contributed by atoms with Crippen molar-refractivity contribution in [3.63, 3.8) is 0 Å². The van der Waals surface area contributed by atoms with Crippen LogP contribution in [0, 0.1) is 0 Å². The number of hydrogen-bond donors (Lipinski definition) is 0. The zero-order valence-corrected chi connectivity index (χ0v) is 10.9. The highest BCUT2D eigenvalue weighted by atomic mass is 79.9. The third kappa shape index (κ3) is 3.90. The summed E-state index contributed by atoms with van der Waals surface area (Å²) in [5.41, 5.74) is -0.880. The molecule has 3 nitrogen and oxygen atoms in total. The van der Waals surface area contributed by atoms with Crippen LogP contribution in [0.1, 0.15) is 5.56 Å². The molecule has 0 spiro atoms. The van der Waals surface area contributed by atoms with Gasteiger partial charge in [-0.25, -0.2) is 0 Å². The lowest BCUT2D eigenvalue weighted by atomic mass is 10.2. The molecule has 0 fully saturated rings. The van der Waals surface area contributed by atoms with Crippen molar-refractivity contribution in [2.75, 3.05) is 13.7 Å². The highest BCUT2D eigenvalue weighted by Gasteiger charge is 2.34. The second kappa shape index (κ2) is 6.08. The van der Waals surface area contributed by atoms with E-state index in [1.807, 2.05) is 0 Å². The molecule has 18 heavy (non-hydrogen) atoms. The topological polar surface area (TPSA) is 35.5 Å². The first kappa shape index (κ1) is 14.8. The molecule has 0 bridgehead atoms. The molecule has 1 aromatic rings. The molecule has 100 valence electrons. The van der Waals surface area contributed by atoms with Crippen molar-refractivity contribution in [2.45, 2.75) is 11.0 Å². The Morgan fingerprint density at radius 2 is 2.00 bits per heavy atom. The molecule has 0 N–H and O–H groups in total. The van der Waals surface area contributed by atoms with Crippen LogP contribution in [0.3, 0.4) is 0 Å². The summed E-state index contributed by atoms with van der Waals surface area (Å²) in [4.78, 5) is 10.2. The van der Waals surface area contributed by atoms with Crippen LogP contribution in [-0.4, -0.2) is 24.5 Å². The Hall–Kier alpha value is -1.24. The van der Waals surface area contributed by atoms with Gasteiger partial charge in [-0.2, -0.15) is 13.2 Å². The van der Waals surface area contributed by atoms with Crippen molar-refractivity contribution in [1.29, 1.82) is 0 Å². The Morgan fingerprint density at radius 3 is 2.56 bits per heavy atom. The molecule has 0 aliphatic heterocycles. The van der Waals surface area contributed by atoms with E-state index in [2.05, 4.69) is 20.7 Å². The molecule has 0 aliphatic rings.